The average Bonchev–Trinajstić information content (AvgIpc) is 2.74. The number of pyridine rings is 1. The van der Waals surface area contributed by atoms with Crippen LogP contribution in [0.1, 0.15) is 5.56 Å². The second kappa shape index (κ2) is 7.77. The molecule has 0 aliphatic rings. The van der Waals surface area contributed by atoms with Gasteiger partial charge in [0.2, 0.25) is 0 Å². The molecule has 1 N–H and O–H groups in total. The molecule has 0 aliphatic heterocycles. The van der Waals surface area contributed by atoms with Gasteiger partial charge in [0, 0.05) is 29.6 Å². The van der Waals surface area contributed by atoms with E-state index in [0.29, 0.717) is 11.3 Å². The fraction of sp³-hybridized carbons (Fsp3) is 0. The van der Waals surface area contributed by atoms with Gasteiger partial charge in [-0.25, -0.2) is 14.4 Å². The zero-order valence-electron chi connectivity index (χ0n) is 14.9. The lowest BCUT2D eigenvalue weighted by molar-refractivity contribution is -0.385. The Balaban J connectivity index is 1.61. The van der Waals surface area contributed by atoms with Crippen LogP contribution in [0.4, 0.5) is 27.5 Å². The van der Waals surface area contributed by atoms with Crippen molar-refractivity contribution >= 4 is 40.3 Å². The third-order valence-electron chi connectivity index (χ3n) is 4.05. The van der Waals surface area contributed by atoms with Crippen molar-refractivity contribution in [2.75, 3.05) is 5.32 Å². The maximum Gasteiger partial charge on any atom is 0.278 e. The molecule has 142 valence electrons. The van der Waals surface area contributed by atoms with Crippen LogP contribution in [0, 0.1) is 15.9 Å². The molecule has 4 aromatic rings. The summed E-state index contributed by atoms with van der Waals surface area (Å²) in [6, 6.07) is 15.2. The lowest BCUT2D eigenvalue weighted by atomic mass is 10.2. The third kappa shape index (κ3) is 4.03. The van der Waals surface area contributed by atoms with Gasteiger partial charge in [-0.2, -0.15) is 4.98 Å². The summed E-state index contributed by atoms with van der Waals surface area (Å²) in [5.41, 5.74) is 1.64. The number of aromatic nitrogens is 3. The summed E-state index contributed by atoms with van der Waals surface area (Å²) in [6.07, 6.45) is 3.96. The van der Waals surface area contributed by atoms with Gasteiger partial charge in [0.05, 0.1) is 22.2 Å². The number of rotatable bonds is 5. The Labute approximate surface area is 164 Å². The highest BCUT2D eigenvalue weighted by molar-refractivity contribution is 5.86. The molecule has 0 atom stereocenters. The van der Waals surface area contributed by atoms with E-state index in [0.717, 1.165) is 17.1 Å². The van der Waals surface area contributed by atoms with E-state index in [1.807, 2.05) is 24.3 Å². The Bertz CT molecular complexity index is 1240. The minimum atomic E-state index is -0.652. The highest BCUT2D eigenvalue weighted by Crippen LogP contribution is 2.23. The van der Waals surface area contributed by atoms with Crippen molar-refractivity contribution in [1.82, 2.24) is 15.0 Å². The Morgan fingerprint density at radius 2 is 1.97 bits per heavy atom. The Hall–Kier alpha value is -4.27. The van der Waals surface area contributed by atoms with Crippen LogP contribution < -0.4 is 5.32 Å². The molecule has 0 saturated heterocycles. The van der Waals surface area contributed by atoms with E-state index in [2.05, 4.69) is 25.3 Å². The lowest BCUT2D eigenvalue weighted by Crippen LogP contribution is -1.99. The highest BCUT2D eigenvalue weighted by Gasteiger charge is 2.11. The van der Waals surface area contributed by atoms with Crippen molar-refractivity contribution in [2.24, 2.45) is 4.99 Å². The molecule has 2 heterocycles. The number of halogens is 1. The van der Waals surface area contributed by atoms with Crippen molar-refractivity contribution in [3.63, 3.8) is 0 Å². The zero-order chi connectivity index (χ0) is 20.2. The first-order chi connectivity index (χ1) is 14.1. The number of aliphatic imine (C=N–C) groups is 1. The maximum absolute atomic E-state index is 14.2. The van der Waals surface area contributed by atoms with Crippen molar-refractivity contribution in [1.29, 1.82) is 0 Å². The first kappa shape index (κ1) is 18.1. The maximum atomic E-state index is 14.2. The van der Waals surface area contributed by atoms with Crippen molar-refractivity contribution in [3.05, 3.63) is 88.5 Å². The summed E-state index contributed by atoms with van der Waals surface area (Å²) in [6.45, 7) is 0. The summed E-state index contributed by atoms with van der Waals surface area (Å²) >= 11 is 0. The number of nitrogens with one attached hydrogen (secondary N) is 1. The minimum Gasteiger partial charge on any atom is -0.338 e. The van der Waals surface area contributed by atoms with E-state index >= 15 is 0 Å². The molecule has 2 aromatic heterocycles. The van der Waals surface area contributed by atoms with Gasteiger partial charge in [0.15, 0.2) is 11.6 Å². The average molecular weight is 388 g/mol. The normalized spacial score (nSPS) is 11.1. The molecule has 0 radical (unpaired) electrons. The summed E-state index contributed by atoms with van der Waals surface area (Å²) in [7, 11) is 0. The largest absolute Gasteiger partial charge is 0.338 e. The van der Waals surface area contributed by atoms with Crippen molar-refractivity contribution in [2.45, 2.75) is 0 Å². The number of para-hydroxylation sites is 1. The number of hydrogen-bond acceptors (Lipinski definition) is 7. The summed E-state index contributed by atoms with van der Waals surface area (Å²) in [5.74, 6) is -0.742. The molecule has 0 amide bonds. The van der Waals surface area contributed by atoms with Gasteiger partial charge in [-0.15, -0.1) is 0 Å². The number of nitro benzene ring substituents is 1. The van der Waals surface area contributed by atoms with E-state index in [1.165, 1.54) is 12.3 Å². The summed E-state index contributed by atoms with van der Waals surface area (Å²) in [4.78, 5) is 26.7. The van der Waals surface area contributed by atoms with Gasteiger partial charge in [-0.3, -0.25) is 15.1 Å². The Morgan fingerprint density at radius 1 is 1.10 bits per heavy atom. The number of benzene rings is 2. The van der Waals surface area contributed by atoms with Crippen LogP contribution in [-0.2, 0) is 0 Å². The van der Waals surface area contributed by atoms with Crippen molar-refractivity contribution < 1.29 is 9.31 Å². The predicted molar refractivity (Wildman–Crippen MR) is 107 cm³/mol. The number of hydrogen-bond donors (Lipinski definition) is 1. The molecule has 4 rings (SSSR count). The molecule has 0 bridgehead atoms. The quantitative estimate of drug-likeness (QED) is 0.305. The number of nitrogens with zero attached hydrogens (tertiary/aromatic N) is 5. The second-order valence-corrected chi connectivity index (χ2v) is 5.98. The highest BCUT2D eigenvalue weighted by atomic mass is 19.1. The molecular weight excluding hydrogens is 375 g/mol. The molecule has 0 fully saturated rings. The first-order valence-electron chi connectivity index (χ1n) is 8.52. The second-order valence-electron chi connectivity index (χ2n) is 5.98. The monoisotopic (exact) mass is 388 g/mol. The lowest BCUT2D eigenvalue weighted by Gasteiger charge is -2.07. The SMILES string of the molecule is O=[N+]([O-])c1ccccc1/C=N/c1ncc(F)c(Nc2ccc3ncccc3c2)n1. The fourth-order valence-corrected chi connectivity index (χ4v) is 2.69. The van der Waals surface area contributed by atoms with Crippen LogP contribution in [0.3, 0.4) is 0 Å². The molecule has 0 saturated carbocycles. The van der Waals surface area contributed by atoms with Crippen LogP contribution in [0.2, 0.25) is 0 Å². The minimum absolute atomic E-state index is 0.0329. The van der Waals surface area contributed by atoms with Gasteiger partial charge < -0.3 is 5.32 Å². The van der Waals surface area contributed by atoms with Gasteiger partial charge in [-0.1, -0.05) is 18.2 Å². The van der Waals surface area contributed by atoms with Crippen molar-refractivity contribution in [3.8, 4) is 0 Å². The van der Waals surface area contributed by atoms with Crippen LogP contribution >= 0.6 is 0 Å². The van der Waals surface area contributed by atoms with E-state index in [9.17, 15) is 14.5 Å². The fourth-order valence-electron chi connectivity index (χ4n) is 2.69. The van der Waals surface area contributed by atoms with E-state index < -0.39 is 10.7 Å². The molecule has 29 heavy (non-hydrogen) atoms. The number of fused-ring (bicyclic) bond motifs is 1. The molecule has 8 nitrogen and oxygen atoms in total. The van der Waals surface area contributed by atoms with E-state index in [-0.39, 0.29) is 17.5 Å². The van der Waals surface area contributed by atoms with Crippen LogP contribution in [0.15, 0.2) is 72.0 Å². The molecule has 2 aromatic carbocycles. The smallest absolute Gasteiger partial charge is 0.278 e. The summed E-state index contributed by atoms with van der Waals surface area (Å²) < 4.78 is 14.2. The van der Waals surface area contributed by atoms with Gasteiger partial charge >= 0.3 is 0 Å². The molecule has 0 spiro atoms. The predicted octanol–water partition coefficient (Wildman–Crippen LogP) is 4.57. The van der Waals surface area contributed by atoms with Gasteiger partial charge in [-0.05, 0) is 30.3 Å². The molecule has 9 heteroatoms. The van der Waals surface area contributed by atoms with Gasteiger partial charge in [0.1, 0.15) is 0 Å². The number of anilines is 2. The van der Waals surface area contributed by atoms with Gasteiger partial charge in [0.25, 0.3) is 11.6 Å². The zero-order valence-corrected chi connectivity index (χ0v) is 14.9. The summed E-state index contributed by atoms with van der Waals surface area (Å²) in [5, 5.41) is 14.9. The molecule has 0 aliphatic carbocycles. The topological polar surface area (TPSA) is 106 Å². The van der Waals surface area contributed by atoms with Crippen LogP contribution in [-0.4, -0.2) is 26.1 Å². The first-order valence-corrected chi connectivity index (χ1v) is 8.52. The van der Waals surface area contributed by atoms with Crippen LogP contribution in [0.25, 0.3) is 10.9 Å². The Morgan fingerprint density at radius 3 is 2.83 bits per heavy atom. The number of nitro groups is 1. The van der Waals surface area contributed by atoms with Crippen LogP contribution in [0.5, 0.6) is 0 Å². The van der Waals surface area contributed by atoms with E-state index in [1.54, 1.807) is 30.5 Å². The standard InChI is InChI=1S/C20H13FN6O2/c21-16-12-24-20(23-11-14-4-1-2-6-18(14)27(28)29)26-19(16)25-15-7-8-17-13(10-15)5-3-9-22-17/h1-12H,(H,24,25,26)/b23-11+. The molecular formula is C20H13FN6O2. The third-order valence-corrected chi connectivity index (χ3v) is 4.05. The Kier molecular flexibility index (Phi) is 4.85. The van der Waals surface area contributed by atoms with E-state index in [4.69, 9.17) is 0 Å². The molecule has 0 unspecified atom stereocenters.